The smallest absolute Gasteiger partial charge is 0.450 e. The molecule has 0 aliphatic carbocycles. The third-order valence-electron chi connectivity index (χ3n) is 0. The zero-order valence-corrected chi connectivity index (χ0v) is 10.2. The number of hydrogen-bond acceptors (Lipinski definition) is 1. The first kappa shape index (κ1) is 39.5. The van der Waals surface area contributed by atoms with Gasteiger partial charge in [0.1, 0.15) is 0 Å². The van der Waals surface area contributed by atoms with Crippen LogP contribution in [0.4, 0.5) is 4.79 Å². The van der Waals surface area contributed by atoms with Gasteiger partial charge in [0.15, 0.2) is 0 Å². The van der Waals surface area contributed by atoms with Gasteiger partial charge in [-0.15, -0.1) is 0 Å². The van der Waals surface area contributed by atoms with Crippen molar-refractivity contribution in [2.24, 2.45) is 0 Å². The molecule has 0 saturated carbocycles. The molecule has 0 heterocycles. The summed E-state index contributed by atoms with van der Waals surface area (Å²) in [5.41, 5.74) is 0. The van der Waals surface area contributed by atoms with Crippen LogP contribution in [0.5, 0.6) is 0 Å². The predicted molar refractivity (Wildman–Crippen MR) is 17.9 cm³/mol. The van der Waals surface area contributed by atoms with E-state index in [2.05, 4.69) is 0 Å². The topological polar surface area (TPSA) is 121 Å². The molecule has 0 aromatic carbocycles. The molecular formula is CH6O5Zn2. The molecule has 6 N–H and O–H groups in total. The Morgan fingerprint density at radius 2 is 1.00 bits per heavy atom. The van der Waals surface area contributed by atoms with Gasteiger partial charge in [-0.3, -0.25) is 0 Å². The Kier molecular flexibility index (Phi) is 129. The summed E-state index contributed by atoms with van der Waals surface area (Å²) in [5, 5.41) is 13.9. The Bertz CT molecular complexity index is 33.4. The Balaban J connectivity index is -0.00000000750. The van der Waals surface area contributed by atoms with Crippen LogP contribution in [-0.2, 0) is 39.0 Å². The van der Waals surface area contributed by atoms with E-state index in [1.807, 2.05) is 0 Å². The summed E-state index contributed by atoms with van der Waals surface area (Å²) in [6.45, 7) is 0. The molecule has 8 heavy (non-hydrogen) atoms. The average molecular weight is 229 g/mol. The van der Waals surface area contributed by atoms with E-state index in [9.17, 15) is 0 Å². The van der Waals surface area contributed by atoms with Crippen molar-refractivity contribution in [2.45, 2.75) is 0 Å². The molecule has 0 atom stereocenters. The van der Waals surface area contributed by atoms with E-state index in [4.69, 9.17) is 15.0 Å². The Morgan fingerprint density at radius 1 is 1.00 bits per heavy atom. The van der Waals surface area contributed by atoms with Gasteiger partial charge in [0, 0.05) is 39.0 Å². The summed E-state index contributed by atoms with van der Waals surface area (Å²) in [5.74, 6) is 0. The van der Waals surface area contributed by atoms with Crippen molar-refractivity contribution in [1.82, 2.24) is 0 Å². The summed E-state index contributed by atoms with van der Waals surface area (Å²) in [6.07, 6.45) is -1.83. The molecule has 0 unspecified atom stereocenters. The van der Waals surface area contributed by atoms with Crippen molar-refractivity contribution >= 4 is 6.16 Å². The Morgan fingerprint density at radius 3 is 1.00 bits per heavy atom. The largest absolute Gasteiger partial charge is 0.503 e. The maximum absolute atomic E-state index is 8.56. The molecule has 5 nitrogen and oxygen atoms in total. The van der Waals surface area contributed by atoms with E-state index in [1.165, 1.54) is 0 Å². The Labute approximate surface area is 71.2 Å². The molecule has 0 aliphatic heterocycles. The molecule has 0 amide bonds. The monoisotopic (exact) mass is 226 g/mol. The molecule has 0 radical (unpaired) electrons. The normalized spacial score (nSPS) is 3.00. The van der Waals surface area contributed by atoms with Crippen molar-refractivity contribution in [3.05, 3.63) is 0 Å². The molecule has 7 heteroatoms. The average Bonchev–Trinajstić information content (AvgIpc) is 0.811. The van der Waals surface area contributed by atoms with Crippen LogP contribution in [0.25, 0.3) is 0 Å². The first-order valence-corrected chi connectivity index (χ1v) is 0.651. The third kappa shape index (κ3) is 997. The van der Waals surface area contributed by atoms with E-state index in [-0.39, 0.29) is 49.9 Å². The summed E-state index contributed by atoms with van der Waals surface area (Å²) in [4.78, 5) is 8.56. The number of carboxylic acid groups (broad SMARTS) is 2. The minimum atomic E-state index is -1.83. The van der Waals surface area contributed by atoms with Crippen LogP contribution in [0.1, 0.15) is 0 Å². The number of carbonyl (C=O) groups is 1. The molecule has 0 spiro atoms. The van der Waals surface area contributed by atoms with Crippen LogP contribution in [0.2, 0.25) is 0 Å². The van der Waals surface area contributed by atoms with Crippen LogP contribution in [0, 0.1) is 0 Å². The number of hydrogen-bond donors (Lipinski definition) is 2. The first-order valence-electron chi connectivity index (χ1n) is 0.651. The van der Waals surface area contributed by atoms with Crippen molar-refractivity contribution < 1.29 is 64.9 Å². The van der Waals surface area contributed by atoms with Crippen molar-refractivity contribution in [1.29, 1.82) is 0 Å². The van der Waals surface area contributed by atoms with Crippen molar-refractivity contribution in [2.75, 3.05) is 0 Å². The molecule has 0 fully saturated rings. The second-order valence-electron chi connectivity index (χ2n) is 0.283. The van der Waals surface area contributed by atoms with Crippen LogP contribution >= 0.6 is 0 Å². The summed E-state index contributed by atoms with van der Waals surface area (Å²) < 4.78 is 0. The van der Waals surface area contributed by atoms with Gasteiger partial charge in [-0.1, -0.05) is 0 Å². The summed E-state index contributed by atoms with van der Waals surface area (Å²) in [7, 11) is 0. The van der Waals surface area contributed by atoms with Gasteiger partial charge < -0.3 is 21.2 Å². The van der Waals surface area contributed by atoms with Gasteiger partial charge in [-0.2, -0.15) is 0 Å². The molecule has 44 valence electrons. The van der Waals surface area contributed by atoms with Gasteiger partial charge in [-0.05, 0) is 0 Å². The molecule has 0 aromatic heterocycles. The molecular weight excluding hydrogens is 223 g/mol. The quantitative estimate of drug-likeness (QED) is 0.495. The fraction of sp³-hybridized carbons (Fsp3) is 0. The number of rotatable bonds is 0. The van der Waals surface area contributed by atoms with Crippen molar-refractivity contribution in [3.8, 4) is 0 Å². The summed E-state index contributed by atoms with van der Waals surface area (Å²) in [6, 6.07) is 0. The van der Waals surface area contributed by atoms with E-state index < -0.39 is 6.16 Å². The maximum Gasteiger partial charge on any atom is 0.503 e. The fourth-order valence-corrected chi connectivity index (χ4v) is 0. The first-order chi connectivity index (χ1) is 1.73. The molecule has 0 aliphatic rings. The molecule has 0 rings (SSSR count). The predicted octanol–water partition coefficient (Wildman–Crippen LogP) is -1.43. The van der Waals surface area contributed by atoms with Crippen LogP contribution in [0.15, 0.2) is 0 Å². The van der Waals surface area contributed by atoms with Gasteiger partial charge in [-0.25, -0.2) is 4.79 Å². The van der Waals surface area contributed by atoms with Crippen molar-refractivity contribution in [3.63, 3.8) is 0 Å². The van der Waals surface area contributed by atoms with E-state index in [0.717, 1.165) is 0 Å². The maximum atomic E-state index is 8.56. The van der Waals surface area contributed by atoms with E-state index in [1.54, 1.807) is 0 Å². The molecule has 0 saturated heterocycles. The summed E-state index contributed by atoms with van der Waals surface area (Å²) >= 11 is 0. The zero-order valence-electron chi connectivity index (χ0n) is 4.22. The van der Waals surface area contributed by atoms with Crippen LogP contribution in [-0.4, -0.2) is 27.3 Å². The van der Waals surface area contributed by atoms with Crippen LogP contribution in [0.3, 0.4) is 0 Å². The zero-order chi connectivity index (χ0) is 3.58. The molecule has 0 aromatic rings. The van der Waals surface area contributed by atoms with Gasteiger partial charge in [0.05, 0.1) is 0 Å². The minimum Gasteiger partial charge on any atom is -0.450 e. The standard InChI is InChI=1S/CH2O3.2H2O.2Zn/c2-1(3)4;;;;/h(H2,2,3,4);2*1H2;;. The Hall–Kier alpha value is 0.437. The minimum absolute atomic E-state index is 0. The third-order valence-corrected chi connectivity index (χ3v) is 0. The SMILES string of the molecule is O.O.O=C(O)O.[Zn].[Zn]. The fourth-order valence-electron chi connectivity index (χ4n) is 0. The second-order valence-corrected chi connectivity index (χ2v) is 0.283. The van der Waals surface area contributed by atoms with Crippen LogP contribution < -0.4 is 0 Å². The molecule has 0 bridgehead atoms. The van der Waals surface area contributed by atoms with E-state index in [0.29, 0.717) is 0 Å². The second kappa shape index (κ2) is 26.1. The van der Waals surface area contributed by atoms with Gasteiger partial charge in [0.25, 0.3) is 0 Å². The van der Waals surface area contributed by atoms with E-state index >= 15 is 0 Å². The van der Waals surface area contributed by atoms with Gasteiger partial charge >= 0.3 is 6.16 Å². The van der Waals surface area contributed by atoms with Gasteiger partial charge in [0.2, 0.25) is 0 Å².